The summed E-state index contributed by atoms with van der Waals surface area (Å²) < 4.78 is 6.77. The molecule has 3 rings (SSSR count). The lowest BCUT2D eigenvalue weighted by atomic mass is 10.1. The molecular formula is C15H14BrN3O2. The molecule has 0 bridgehead atoms. The Hall–Kier alpha value is -1.95. The summed E-state index contributed by atoms with van der Waals surface area (Å²) in [6.45, 7) is 4.41. The first-order valence-corrected chi connectivity index (χ1v) is 7.40. The number of carbonyl (C=O) groups is 1. The number of benzene rings is 1. The zero-order chi connectivity index (χ0) is 15.0. The number of rotatable bonds is 1. The third kappa shape index (κ3) is 2.63. The van der Waals surface area contributed by atoms with Gasteiger partial charge in [-0.2, -0.15) is 0 Å². The van der Waals surface area contributed by atoms with Gasteiger partial charge >= 0.3 is 0 Å². The Labute approximate surface area is 131 Å². The molecule has 1 unspecified atom stereocenters. The highest BCUT2D eigenvalue weighted by Gasteiger charge is 2.29. The van der Waals surface area contributed by atoms with Gasteiger partial charge < -0.3 is 4.74 Å². The number of fused-ring (bicyclic) bond motifs is 1. The SMILES string of the molecule is Cc1cc2c(cc1Br)N(C(=O)c1cnccn1)CC(C)O2. The van der Waals surface area contributed by atoms with Gasteiger partial charge in [0.1, 0.15) is 17.5 Å². The van der Waals surface area contributed by atoms with Crippen LogP contribution >= 0.6 is 15.9 Å². The van der Waals surface area contributed by atoms with Crippen LogP contribution in [0.1, 0.15) is 23.0 Å². The fourth-order valence-corrected chi connectivity index (χ4v) is 2.63. The molecule has 0 saturated carbocycles. The van der Waals surface area contributed by atoms with Crippen LogP contribution in [0.2, 0.25) is 0 Å². The number of hydrogen-bond acceptors (Lipinski definition) is 4. The second kappa shape index (κ2) is 5.44. The molecule has 1 atom stereocenters. The summed E-state index contributed by atoms with van der Waals surface area (Å²) in [5.41, 5.74) is 2.14. The van der Waals surface area contributed by atoms with E-state index in [9.17, 15) is 4.79 Å². The lowest BCUT2D eigenvalue weighted by Gasteiger charge is -2.33. The largest absolute Gasteiger partial charge is 0.487 e. The fraction of sp³-hybridized carbons (Fsp3) is 0.267. The minimum absolute atomic E-state index is 0.0707. The highest BCUT2D eigenvalue weighted by Crippen LogP contribution is 2.38. The highest BCUT2D eigenvalue weighted by atomic mass is 79.9. The van der Waals surface area contributed by atoms with Gasteiger partial charge in [-0.15, -0.1) is 0 Å². The number of nitrogens with zero attached hydrogens (tertiary/aromatic N) is 3. The molecule has 1 aliphatic heterocycles. The lowest BCUT2D eigenvalue weighted by molar-refractivity contribution is 0.0956. The van der Waals surface area contributed by atoms with Crippen LogP contribution in [0.4, 0.5) is 5.69 Å². The van der Waals surface area contributed by atoms with Gasteiger partial charge in [0.15, 0.2) is 0 Å². The Kier molecular flexibility index (Phi) is 3.63. The second-order valence-corrected chi connectivity index (χ2v) is 5.86. The quantitative estimate of drug-likeness (QED) is 0.795. The van der Waals surface area contributed by atoms with Crippen molar-refractivity contribution in [2.75, 3.05) is 11.4 Å². The molecule has 0 radical (unpaired) electrons. The molecule has 1 aliphatic rings. The Morgan fingerprint density at radius 1 is 1.43 bits per heavy atom. The summed E-state index contributed by atoms with van der Waals surface area (Å²) in [6.07, 6.45) is 4.47. The third-order valence-corrected chi connectivity index (χ3v) is 4.18. The van der Waals surface area contributed by atoms with Gasteiger partial charge in [-0.1, -0.05) is 15.9 Å². The number of carbonyl (C=O) groups excluding carboxylic acids is 1. The predicted octanol–water partition coefficient (Wildman–Crippen LogP) is 2.98. The zero-order valence-electron chi connectivity index (χ0n) is 11.7. The molecule has 5 nitrogen and oxygen atoms in total. The highest BCUT2D eigenvalue weighted by molar-refractivity contribution is 9.10. The number of aromatic nitrogens is 2. The van der Waals surface area contributed by atoms with Crippen molar-refractivity contribution in [3.63, 3.8) is 0 Å². The number of halogens is 1. The van der Waals surface area contributed by atoms with E-state index in [2.05, 4.69) is 25.9 Å². The number of amides is 1. The van der Waals surface area contributed by atoms with Crippen LogP contribution in [-0.2, 0) is 0 Å². The van der Waals surface area contributed by atoms with E-state index in [1.54, 1.807) is 11.1 Å². The summed E-state index contributed by atoms with van der Waals surface area (Å²) >= 11 is 3.50. The maximum Gasteiger partial charge on any atom is 0.278 e. The number of anilines is 1. The van der Waals surface area contributed by atoms with Crippen molar-refractivity contribution in [3.05, 3.63) is 46.5 Å². The first kappa shape index (κ1) is 14.0. The average molecular weight is 348 g/mol. The zero-order valence-corrected chi connectivity index (χ0v) is 13.3. The number of hydrogen-bond donors (Lipinski definition) is 0. The van der Waals surface area contributed by atoms with E-state index in [0.29, 0.717) is 18.0 Å². The lowest BCUT2D eigenvalue weighted by Crippen LogP contribution is -2.42. The van der Waals surface area contributed by atoms with E-state index >= 15 is 0 Å². The van der Waals surface area contributed by atoms with Gasteiger partial charge in [-0.25, -0.2) is 4.98 Å². The van der Waals surface area contributed by atoms with Crippen LogP contribution in [0.5, 0.6) is 5.75 Å². The van der Waals surface area contributed by atoms with Crippen LogP contribution in [0.3, 0.4) is 0 Å². The molecule has 1 aromatic heterocycles. The van der Waals surface area contributed by atoms with E-state index in [4.69, 9.17) is 4.74 Å². The Bertz CT molecular complexity index is 691. The Morgan fingerprint density at radius 2 is 2.24 bits per heavy atom. The minimum Gasteiger partial charge on any atom is -0.487 e. The van der Waals surface area contributed by atoms with Crippen LogP contribution in [0.25, 0.3) is 0 Å². The topological polar surface area (TPSA) is 55.3 Å². The fourth-order valence-electron chi connectivity index (χ4n) is 2.30. The van der Waals surface area contributed by atoms with Crippen LogP contribution in [-0.4, -0.2) is 28.5 Å². The van der Waals surface area contributed by atoms with Gasteiger partial charge in [0.05, 0.1) is 18.4 Å². The van der Waals surface area contributed by atoms with Gasteiger partial charge in [0, 0.05) is 16.9 Å². The molecule has 108 valence electrons. The van der Waals surface area contributed by atoms with Gasteiger partial charge in [0.2, 0.25) is 0 Å². The normalized spacial score (nSPS) is 17.1. The molecule has 6 heteroatoms. The molecule has 0 fully saturated rings. The molecule has 2 heterocycles. The van der Waals surface area contributed by atoms with Crippen molar-refractivity contribution >= 4 is 27.5 Å². The Morgan fingerprint density at radius 3 is 2.95 bits per heavy atom. The molecule has 0 spiro atoms. The van der Waals surface area contributed by atoms with Crippen molar-refractivity contribution in [2.24, 2.45) is 0 Å². The van der Waals surface area contributed by atoms with Crippen molar-refractivity contribution in [3.8, 4) is 5.75 Å². The maximum absolute atomic E-state index is 12.7. The monoisotopic (exact) mass is 347 g/mol. The van der Waals surface area contributed by atoms with Gasteiger partial charge in [-0.05, 0) is 31.5 Å². The average Bonchev–Trinajstić information content (AvgIpc) is 2.48. The summed E-state index contributed by atoms with van der Waals surface area (Å²) in [5.74, 6) is 0.543. The summed E-state index contributed by atoms with van der Waals surface area (Å²) in [7, 11) is 0. The van der Waals surface area contributed by atoms with Gasteiger partial charge in [0.25, 0.3) is 5.91 Å². The molecule has 0 saturated heterocycles. The molecule has 1 aromatic carbocycles. The molecule has 0 aliphatic carbocycles. The summed E-state index contributed by atoms with van der Waals surface area (Å²) in [4.78, 5) is 22.4. The number of ether oxygens (including phenoxy) is 1. The standard InChI is InChI=1S/C15H14BrN3O2/c1-9-5-14-13(6-11(9)16)19(8-10(2)21-14)15(20)12-7-17-3-4-18-12/h3-7,10H,8H2,1-2H3. The summed E-state index contributed by atoms with van der Waals surface area (Å²) in [6, 6.07) is 3.84. The van der Waals surface area contributed by atoms with Crippen molar-refractivity contribution in [1.82, 2.24) is 9.97 Å². The maximum atomic E-state index is 12.7. The van der Waals surface area contributed by atoms with E-state index < -0.39 is 0 Å². The molecular weight excluding hydrogens is 334 g/mol. The van der Waals surface area contributed by atoms with E-state index in [0.717, 1.165) is 15.7 Å². The minimum atomic E-state index is -0.171. The van der Waals surface area contributed by atoms with E-state index in [1.807, 2.05) is 26.0 Å². The second-order valence-electron chi connectivity index (χ2n) is 5.00. The van der Waals surface area contributed by atoms with Crippen LogP contribution in [0.15, 0.2) is 35.2 Å². The first-order chi connectivity index (χ1) is 10.1. The first-order valence-electron chi connectivity index (χ1n) is 6.61. The molecule has 0 N–H and O–H groups in total. The third-order valence-electron chi connectivity index (χ3n) is 3.33. The molecule has 21 heavy (non-hydrogen) atoms. The molecule has 2 aromatic rings. The van der Waals surface area contributed by atoms with Crippen molar-refractivity contribution in [1.29, 1.82) is 0 Å². The van der Waals surface area contributed by atoms with E-state index in [1.165, 1.54) is 12.4 Å². The number of aryl methyl sites for hydroxylation is 1. The Balaban J connectivity index is 2.05. The van der Waals surface area contributed by atoms with E-state index in [-0.39, 0.29) is 12.0 Å². The van der Waals surface area contributed by atoms with Crippen molar-refractivity contribution < 1.29 is 9.53 Å². The molecule has 1 amide bonds. The van der Waals surface area contributed by atoms with Crippen LogP contribution in [0, 0.1) is 6.92 Å². The van der Waals surface area contributed by atoms with Gasteiger partial charge in [-0.3, -0.25) is 14.7 Å². The summed E-state index contributed by atoms with van der Waals surface area (Å²) in [5, 5.41) is 0. The van der Waals surface area contributed by atoms with Crippen molar-refractivity contribution in [2.45, 2.75) is 20.0 Å². The predicted molar refractivity (Wildman–Crippen MR) is 82.7 cm³/mol. The van der Waals surface area contributed by atoms with Crippen LogP contribution < -0.4 is 9.64 Å². The smallest absolute Gasteiger partial charge is 0.278 e.